The Kier molecular flexibility index (Phi) is 2.65. The third kappa shape index (κ3) is 1.91. The molecule has 1 amide bonds. The number of piperazine rings is 1. The highest BCUT2D eigenvalue weighted by Gasteiger charge is 2.31. The summed E-state index contributed by atoms with van der Waals surface area (Å²) in [7, 11) is 0.252. The fourth-order valence-electron chi connectivity index (χ4n) is 2.20. The second kappa shape index (κ2) is 4.28. The van der Waals surface area contributed by atoms with Crippen molar-refractivity contribution in [3.05, 3.63) is 0 Å². The molecular formula is C10H19N3O. The Hall–Kier alpha value is -0.610. The van der Waals surface area contributed by atoms with Gasteiger partial charge in [-0.15, -0.1) is 0 Å². The third-order valence-corrected chi connectivity index (χ3v) is 3.08. The van der Waals surface area contributed by atoms with E-state index < -0.39 is 0 Å². The summed E-state index contributed by atoms with van der Waals surface area (Å²) in [5.41, 5.74) is 0. The van der Waals surface area contributed by atoms with Gasteiger partial charge in [-0.3, -0.25) is 9.69 Å². The van der Waals surface area contributed by atoms with Crippen LogP contribution in [0.3, 0.4) is 0 Å². The second-order valence-corrected chi connectivity index (χ2v) is 4.05. The largest absolute Gasteiger partial charge is 0.339 e. The molecule has 0 bridgehead atoms. The lowest BCUT2D eigenvalue weighted by atomic mass is 10.2. The summed E-state index contributed by atoms with van der Waals surface area (Å²) in [5, 5.41) is 3.24. The average Bonchev–Trinajstić information content (AvgIpc) is 2.77. The molecule has 2 aliphatic rings. The number of amides is 1. The van der Waals surface area contributed by atoms with Gasteiger partial charge in [0.1, 0.15) is 0 Å². The number of carbonyl (C=O) groups excluding carboxylic acids is 1. The van der Waals surface area contributed by atoms with Crippen molar-refractivity contribution in [3.63, 3.8) is 0 Å². The zero-order valence-corrected chi connectivity index (χ0v) is 8.54. The fraction of sp³-hybridized carbons (Fsp3) is 0.900. The van der Waals surface area contributed by atoms with E-state index in [1.54, 1.807) is 0 Å². The standard InChI is InChI=1S/C10H19N3O/c1-12-6-2-3-9(12)10(14)13-7-4-11-5-8-13/h9,11H,2-8H2,1H3/t9-/m0/s1/i1D. The van der Waals surface area contributed by atoms with Crippen molar-refractivity contribution in [1.29, 1.82) is 0 Å². The highest BCUT2D eigenvalue weighted by atomic mass is 16.2. The molecule has 0 aromatic heterocycles. The molecule has 0 aromatic rings. The highest BCUT2D eigenvalue weighted by molar-refractivity contribution is 5.82. The minimum Gasteiger partial charge on any atom is -0.339 e. The highest BCUT2D eigenvalue weighted by Crippen LogP contribution is 2.17. The maximum absolute atomic E-state index is 12.1. The monoisotopic (exact) mass is 198 g/mol. The van der Waals surface area contributed by atoms with Crippen molar-refractivity contribution >= 4 is 5.91 Å². The molecule has 0 spiro atoms. The SMILES string of the molecule is [2H]CN1CCC[C@H]1C(=O)N1CCNCC1. The van der Waals surface area contributed by atoms with E-state index in [1.807, 2.05) is 9.80 Å². The molecule has 1 N–H and O–H groups in total. The Morgan fingerprint density at radius 3 is 2.93 bits per heavy atom. The van der Waals surface area contributed by atoms with Crippen LogP contribution >= 0.6 is 0 Å². The Labute approximate surface area is 86.6 Å². The second-order valence-electron chi connectivity index (χ2n) is 4.05. The van der Waals surface area contributed by atoms with E-state index in [2.05, 4.69) is 5.32 Å². The van der Waals surface area contributed by atoms with Crippen LogP contribution in [0.2, 0.25) is 0 Å². The summed E-state index contributed by atoms with van der Waals surface area (Å²) in [4.78, 5) is 16.1. The number of hydrogen-bond acceptors (Lipinski definition) is 3. The number of likely N-dealkylation sites (N-methyl/N-ethyl adjacent to an activating group) is 1. The first-order chi connectivity index (χ1) is 7.33. The van der Waals surface area contributed by atoms with Crippen LogP contribution in [0.15, 0.2) is 0 Å². The van der Waals surface area contributed by atoms with E-state index in [0.717, 1.165) is 45.6 Å². The van der Waals surface area contributed by atoms with Gasteiger partial charge >= 0.3 is 0 Å². The van der Waals surface area contributed by atoms with Crippen LogP contribution in [0.5, 0.6) is 0 Å². The smallest absolute Gasteiger partial charge is 0.240 e. The van der Waals surface area contributed by atoms with Gasteiger partial charge < -0.3 is 10.2 Å². The van der Waals surface area contributed by atoms with Crippen LogP contribution < -0.4 is 5.32 Å². The molecule has 1 atom stereocenters. The van der Waals surface area contributed by atoms with Gasteiger partial charge in [-0.25, -0.2) is 0 Å². The van der Waals surface area contributed by atoms with E-state index in [9.17, 15) is 4.79 Å². The quantitative estimate of drug-likeness (QED) is 0.618. The molecule has 2 fully saturated rings. The van der Waals surface area contributed by atoms with Crippen molar-refractivity contribution < 1.29 is 6.17 Å². The van der Waals surface area contributed by atoms with Crippen molar-refractivity contribution in [2.24, 2.45) is 0 Å². The molecule has 14 heavy (non-hydrogen) atoms. The van der Waals surface area contributed by atoms with Gasteiger partial charge in [0.2, 0.25) is 5.91 Å². The number of rotatable bonds is 1. The van der Waals surface area contributed by atoms with Crippen LogP contribution in [0.1, 0.15) is 14.2 Å². The molecule has 2 saturated heterocycles. The Morgan fingerprint density at radius 2 is 2.21 bits per heavy atom. The summed E-state index contributed by atoms with van der Waals surface area (Å²) < 4.78 is 7.38. The van der Waals surface area contributed by atoms with Gasteiger partial charge in [0.05, 0.1) is 6.04 Å². The molecule has 2 heterocycles. The molecule has 0 aliphatic carbocycles. The summed E-state index contributed by atoms with van der Waals surface area (Å²) in [6, 6.07) is -0.0133. The first kappa shape index (κ1) is 8.68. The lowest BCUT2D eigenvalue weighted by Crippen LogP contribution is -2.51. The maximum atomic E-state index is 12.1. The van der Waals surface area contributed by atoms with Crippen LogP contribution in [-0.2, 0) is 4.79 Å². The summed E-state index contributed by atoms with van der Waals surface area (Å²) in [6.07, 6.45) is 1.99. The Balaban J connectivity index is 1.93. The molecule has 0 radical (unpaired) electrons. The molecular weight excluding hydrogens is 178 g/mol. The van der Waals surface area contributed by atoms with E-state index in [0.29, 0.717) is 0 Å². The van der Waals surface area contributed by atoms with E-state index in [1.165, 1.54) is 0 Å². The first-order valence-corrected chi connectivity index (χ1v) is 5.35. The molecule has 80 valence electrons. The molecule has 0 saturated carbocycles. The maximum Gasteiger partial charge on any atom is 0.240 e. The third-order valence-electron chi connectivity index (χ3n) is 3.08. The van der Waals surface area contributed by atoms with Crippen molar-refractivity contribution in [2.75, 3.05) is 39.7 Å². The summed E-state index contributed by atoms with van der Waals surface area (Å²) in [6.45, 7) is 4.35. The predicted octanol–water partition coefficient (Wildman–Crippen LogP) is -0.488. The van der Waals surface area contributed by atoms with Gasteiger partial charge in [0.25, 0.3) is 0 Å². The van der Waals surface area contributed by atoms with E-state index in [-0.39, 0.29) is 19.0 Å². The average molecular weight is 198 g/mol. The minimum absolute atomic E-state index is 0.0133. The summed E-state index contributed by atoms with van der Waals surface area (Å²) in [5.74, 6) is 0.237. The molecule has 2 rings (SSSR count). The fourth-order valence-corrected chi connectivity index (χ4v) is 2.20. The molecule has 2 aliphatic heterocycles. The van der Waals surface area contributed by atoms with Crippen LogP contribution in [-0.4, -0.2) is 61.5 Å². The van der Waals surface area contributed by atoms with Crippen molar-refractivity contribution in [1.82, 2.24) is 15.1 Å². The van der Waals surface area contributed by atoms with Gasteiger partial charge in [0, 0.05) is 27.5 Å². The zero-order chi connectivity index (χ0) is 10.7. The lowest BCUT2D eigenvalue weighted by Gasteiger charge is -2.31. The zero-order valence-electron chi connectivity index (χ0n) is 9.54. The van der Waals surface area contributed by atoms with Crippen LogP contribution in [0.25, 0.3) is 0 Å². The number of carbonyl (C=O) groups is 1. The number of likely N-dealkylation sites (tertiary alicyclic amines) is 1. The molecule has 0 unspecified atom stereocenters. The topological polar surface area (TPSA) is 35.6 Å². The number of nitrogens with zero attached hydrogens (tertiary/aromatic N) is 2. The Morgan fingerprint density at radius 1 is 1.43 bits per heavy atom. The van der Waals surface area contributed by atoms with Crippen molar-refractivity contribution in [2.45, 2.75) is 18.9 Å². The normalized spacial score (nSPS) is 30.4. The summed E-state index contributed by atoms with van der Waals surface area (Å²) >= 11 is 0. The van der Waals surface area contributed by atoms with Gasteiger partial charge in [0.15, 0.2) is 0 Å². The van der Waals surface area contributed by atoms with Gasteiger partial charge in [-0.2, -0.15) is 0 Å². The van der Waals surface area contributed by atoms with Gasteiger partial charge in [-0.1, -0.05) is 0 Å². The number of hydrogen-bond donors (Lipinski definition) is 1. The predicted molar refractivity (Wildman–Crippen MR) is 55.1 cm³/mol. The molecule has 0 aromatic carbocycles. The number of nitrogens with one attached hydrogen (secondary N) is 1. The van der Waals surface area contributed by atoms with Crippen molar-refractivity contribution in [3.8, 4) is 0 Å². The van der Waals surface area contributed by atoms with E-state index >= 15 is 0 Å². The molecule has 4 heteroatoms. The van der Waals surface area contributed by atoms with E-state index in [4.69, 9.17) is 1.37 Å². The molecule has 4 nitrogen and oxygen atoms in total. The minimum atomic E-state index is -0.0133. The lowest BCUT2D eigenvalue weighted by molar-refractivity contribution is -0.136. The van der Waals surface area contributed by atoms with Gasteiger partial charge in [-0.05, 0) is 26.4 Å². The van der Waals surface area contributed by atoms with Crippen LogP contribution in [0, 0.1) is 0 Å². The Bertz CT molecular complexity index is 231. The van der Waals surface area contributed by atoms with Crippen LogP contribution in [0.4, 0.5) is 0 Å². The first-order valence-electron chi connectivity index (χ1n) is 6.06.